The molecule has 0 spiro atoms. The third-order valence-corrected chi connectivity index (χ3v) is 6.76. The number of carbonyl (C=O) groups is 1. The molecule has 7 heteroatoms. The van der Waals surface area contributed by atoms with Crippen LogP contribution in [0, 0.1) is 6.92 Å². The van der Waals surface area contributed by atoms with E-state index < -0.39 is 0 Å². The van der Waals surface area contributed by atoms with Crippen LogP contribution in [0.2, 0.25) is 0 Å². The van der Waals surface area contributed by atoms with Gasteiger partial charge in [-0.05, 0) is 53.4 Å². The number of hydrogen-bond acceptors (Lipinski definition) is 7. The SMILES string of the molecule is CNc1ccc([C@H](CC=O)c2ccc(S)c(CN3CCOc4cccnc4C3)c2)c(C)c1N. The number of nitrogen functional groups attached to an aromatic ring is 1. The van der Waals surface area contributed by atoms with Crippen molar-refractivity contribution in [1.29, 1.82) is 0 Å². The number of nitrogens with zero attached hydrogens (tertiary/aromatic N) is 2. The van der Waals surface area contributed by atoms with Crippen LogP contribution in [0.3, 0.4) is 0 Å². The number of carbonyl (C=O) groups excluding carboxylic acids is 1. The van der Waals surface area contributed by atoms with Gasteiger partial charge in [-0.2, -0.15) is 0 Å². The van der Waals surface area contributed by atoms with E-state index in [2.05, 4.69) is 33.4 Å². The van der Waals surface area contributed by atoms with Crippen molar-refractivity contribution in [3.05, 3.63) is 76.6 Å². The van der Waals surface area contributed by atoms with Gasteiger partial charge in [-0.25, -0.2) is 0 Å². The molecule has 33 heavy (non-hydrogen) atoms. The van der Waals surface area contributed by atoms with Gasteiger partial charge in [0.1, 0.15) is 18.6 Å². The highest BCUT2D eigenvalue weighted by Crippen LogP contribution is 2.36. The van der Waals surface area contributed by atoms with Gasteiger partial charge in [0.15, 0.2) is 0 Å². The normalized spacial score (nSPS) is 14.6. The minimum atomic E-state index is -0.0711. The fourth-order valence-electron chi connectivity index (χ4n) is 4.45. The fourth-order valence-corrected chi connectivity index (χ4v) is 4.66. The zero-order chi connectivity index (χ0) is 23.4. The number of aromatic nitrogens is 1. The summed E-state index contributed by atoms with van der Waals surface area (Å²) in [5.41, 5.74) is 13.2. The molecule has 3 N–H and O–H groups in total. The number of nitrogens with one attached hydrogen (secondary N) is 1. The maximum atomic E-state index is 11.6. The van der Waals surface area contributed by atoms with Crippen molar-refractivity contribution in [3.63, 3.8) is 0 Å². The van der Waals surface area contributed by atoms with Gasteiger partial charge in [0.25, 0.3) is 0 Å². The molecular weight excluding hydrogens is 432 g/mol. The Kier molecular flexibility index (Phi) is 7.20. The zero-order valence-electron chi connectivity index (χ0n) is 19.0. The van der Waals surface area contributed by atoms with Crippen LogP contribution in [0.4, 0.5) is 11.4 Å². The lowest BCUT2D eigenvalue weighted by Gasteiger charge is -2.23. The molecule has 4 rings (SSSR count). The number of aldehydes is 1. The molecule has 6 nitrogen and oxygen atoms in total. The third-order valence-electron chi connectivity index (χ3n) is 6.32. The van der Waals surface area contributed by atoms with Gasteiger partial charge in [0.05, 0.1) is 17.1 Å². The smallest absolute Gasteiger partial charge is 0.142 e. The first kappa shape index (κ1) is 23.1. The fraction of sp³-hybridized carbons (Fsp3) is 0.308. The molecule has 0 aliphatic carbocycles. The molecule has 3 aromatic rings. The predicted molar refractivity (Wildman–Crippen MR) is 135 cm³/mol. The summed E-state index contributed by atoms with van der Waals surface area (Å²) in [4.78, 5) is 19.4. The number of nitrogens with two attached hydrogens (primary N) is 1. The van der Waals surface area contributed by atoms with Gasteiger partial charge in [0.2, 0.25) is 0 Å². The number of hydrogen-bond donors (Lipinski definition) is 3. The van der Waals surface area contributed by atoms with E-state index in [0.717, 1.165) is 63.7 Å². The van der Waals surface area contributed by atoms with Crippen LogP contribution in [-0.2, 0) is 17.9 Å². The summed E-state index contributed by atoms with van der Waals surface area (Å²) in [6.45, 7) is 4.86. The highest BCUT2D eigenvalue weighted by molar-refractivity contribution is 7.80. The molecule has 0 radical (unpaired) electrons. The van der Waals surface area contributed by atoms with Crippen LogP contribution in [0.1, 0.15) is 40.3 Å². The molecule has 0 amide bonds. The van der Waals surface area contributed by atoms with Crippen molar-refractivity contribution in [1.82, 2.24) is 9.88 Å². The van der Waals surface area contributed by atoms with Gasteiger partial charge in [-0.3, -0.25) is 9.88 Å². The quantitative estimate of drug-likeness (QED) is 0.274. The monoisotopic (exact) mass is 462 g/mol. The predicted octanol–water partition coefficient (Wildman–Crippen LogP) is 4.42. The first-order valence-corrected chi connectivity index (χ1v) is 11.6. The van der Waals surface area contributed by atoms with Crippen LogP contribution in [0.5, 0.6) is 5.75 Å². The second-order valence-corrected chi connectivity index (χ2v) is 8.82. The van der Waals surface area contributed by atoms with Gasteiger partial charge < -0.3 is 20.6 Å². The van der Waals surface area contributed by atoms with Gasteiger partial charge in [-0.15, -0.1) is 12.6 Å². The van der Waals surface area contributed by atoms with Crippen molar-refractivity contribution in [2.45, 2.75) is 37.2 Å². The Hall–Kier alpha value is -3.03. The van der Waals surface area contributed by atoms with Crippen molar-refractivity contribution in [3.8, 4) is 5.75 Å². The molecular formula is C26H30N4O2S. The largest absolute Gasteiger partial charge is 0.490 e. The van der Waals surface area contributed by atoms with E-state index in [-0.39, 0.29) is 5.92 Å². The highest BCUT2D eigenvalue weighted by Gasteiger charge is 2.21. The van der Waals surface area contributed by atoms with Crippen LogP contribution in [-0.4, -0.2) is 36.4 Å². The summed E-state index contributed by atoms with van der Waals surface area (Å²) in [7, 11) is 1.85. The van der Waals surface area contributed by atoms with Crippen LogP contribution >= 0.6 is 12.6 Å². The number of thiol groups is 1. The summed E-state index contributed by atoms with van der Waals surface area (Å²) in [5, 5.41) is 3.12. The topological polar surface area (TPSA) is 80.5 Å². The van der Waals surface area contributed by atoms with E-state index in [1.165, 1.54) is 0 Å². The number of ether oxygens (including phenoxy) is 1. The number of benzene rings is 2. The van der Waals surface area contributed by atoms with E-state index >= 15 is 0 Å². The maximum Gasteiger partial charge on any atom is 0.142 e. The van der Waals surface area contributed by atoms with E-state index in [1.54, 1.807) is 6.20 Å². The van der Waals surface area contributed by atoms with E-state index in [1.807, 2.05) is 38.2 Å². The minimum Gasteiger partial charge on any atom is -0.490 e. The molecule has 2 heterocycles. The lowest BCUT2D eigenvalue weighted by atomic mass is 9.85. The Bertz CT molecular complexity index is 1150. The summed E-state index contributed by atoms with van der Waals surface area (Å²) in [6, 6.07) is 14.2. The Morgan fingerprint density at radius 3 is 2.94 bits per heavy atom. The van der Waals surface area contributed by atoms with Crippen molar-refractivity contribution in [2.24, 2.45) is 0 Å². The van der Waals surface area contributed by atoms with E-state index in [0.29, 0.717) is 25.3 Å². The molecule has 0 unspecified atom stereocenters. The molecule has 1 atom stereocenters. The summed E-state index contributed by atoms with van der Waals surface area (Å²) in [5.74, 6) is 0.780. The molecule has 1 aliphatic rings. The second kappa shape index (κ2) is 10.3. The van der Waals surface area contributed by atoms with E-state index in [9.17, 15) is 4.79 Å². The molecule has 1 aliphatic heterocycles. The van der Waals surface area contributed by atoms with Crippen LogP contribution in [0.25, 0.3) is 0 Å². The Morgan fingerprint density at radius 1 is 1.30 bits per heavy atom. The van der Waals surface area contributed by atoms with Gasteiger partial charge >= 0.3 is 0 Å². The summed E-state index contributed by atoms with van der Waals surface area (Å²) < 4.78 is 5.86. The van der Waals surface area contributed by atoms with E-state index in [4.69, 9.17) is 23.1 Å². The number of fused-ring (bicyclic) bond motifs is 1. The second-order valence-electron chi connectivity index (χ2n) is 8.34. The molecule has 0 saturated carbocycles. The Morgan fingerprint density at radius 2 is 2.15 bits per heavy atom. The number of pyridine rings is 1. The average molecular weight is 463 g/mol. The molecule has 1 aromatic heterocycles. The van der Waals surface area contributed by atoms with Crippen molar-refractivity contribution < 1.29 is 9.53 Å². The molecule has 2 aromatic carbocycles. The zero-order valence-corrected chi connectivity index (χ0v) is 19.9. The van der Waals surface area contributed by atoms with Crippen molar-refractivity contribution >= 4 is 30.3 Å². The molecule has 0 bridgehead atoms. The Labute approximate surface area is 200 Å². The molecule has 0 saturated heterocycles. The lowest BCUT2D eigenvalue weighted by molar-refractivity contribution is -0.108. The maximum absolute atomic E-state index is 11.6. The minimum absolute atomic E-state index is 0.0711. The standard InChI is InChI=1S/C26H30N4O2S/c1-17-20(6-7-22(28-2)26(17)27)21(9-12-31)18-5-8-25(33)19(14-18)15-30-11-13-32-24-4-3-10-29-23(24)16-30/h3-8,10,12,14,21,28,33H,9,11,13,15-16,27H2,1-2H3/t21-/m1/s1. The van der Waals surface area contributed by atoms with Gasteiger partial charge in [0, 0.05) is 50.1 Å². The first-order valence-electron chi connectivity index (χ1n) is 11.1. The number of anilines is 2. The van der Waals surface area contributed by atoms with Crippen LogP contribution < -0.4 is 15.8 Å². The highest BCUT2D eigenvalue weighted by atomic mass is 32.1. The average Bonchev–Trinajstić information content (AvgIpc) is 3.03. The third kappa shape index (κ3) is 4.99. The Balaban J connectivity index is 1.64. The number of rotatable bonds is 7. The first-order chi connectivity index (χ1) is 16.0. The summed E-state index contributed by atoms with van der Waals surface area (Å²) >= 11 is 4.73. The lowest BCUT2D eigenvalue weighted by Crippen LogP contribution is -2.25. The van der Waals surface area contributed by atoms with Crippen LogP contribution in [0.15, 0.2) is 53.6 Å². The summed E-state index contributed by atoms with van der Waals surface area (Å²) in [6.07, 6.45) is 3.17. The van der Waals surface area contributed by atoms with Crippen molar-refractivity contribution in [2.75, 3.05) is 31.2 Å². The van der Waals surface area contributed by atoms with Gasteiger partial charge in [-0.1, -0.05) is 18.2 Å². The molecule has 172 valence electrons. The molecule has 0 fully saturated rings.